The molecule has 28 heavy (non-hydrogen) atoms. The van der Waals surface area contributed by atoms with Crippen molar-refractivity contribution in [2.45, 2.75) is 38.5 Å². The first-order chi connectivity index (χ1) is 13.5. The van der Waals surface area contributed by atoms with E-state index in [0.717, 1.165) is 12.0 Å². The van der Waals surface area contributed by atoms with Crippen LogP contribution in [-0.2, 0) is 15.9 Å². The molecule has 3 aromatic carbocycles. The second kappa shape index (κ2) is 6.23. The Morgan fingerprint density at radius 2 is 1.25 bits per heavy atom. The number of nitrogens with zero attached hydrogens (tertiary/aromatic N) is 1. The quantitative estimate of drug-likeness (QED) is 0.486. The number of hydrogen-bond donors (Lipinski definition) is 0. The van der Waals surface area contributed by atoms with Crippen LogP contribution in [0.15, 0.2) is 78.9 Å². The van der Waals surface area contributed by atoms with E-state index >= 15 is 0 Å². The van der Waals surface area contributed by atoms with Gasteiger partial charge in [-0.1, -0.05) is 66.7 Å². The molecule has 1 saturated heterocycles. The molecule has 1 atom stereocenters. The van der Waals surface area contributed by atoms with Gasteiger partial charge in [0.1, 0.15) is 0 Å². The van der Waals surface area contributed by atoms with E-state index < -0.39 is 11.2 Å². The zero-order chi connectivity index (χ0) is 19.4. The maximum Gasteiger partial charge on any atom is 0.494 e. The lowest BCUT2D eigenvalue weighted by Gasteiger charge is -2.37. The van der Waals surface area contributed by atoms with Crippen molar-refractivity contribution >= 4 is 34.4 Å². The first-order valence-corrected chi connectivity index (χ1v) is 9.85. The van der Waals surface area contributed by atoms with Gasteiger partial charge in [0.2, 0.25) is 0 Å². The molecule has 4 aromatic rings. The zero-order valence-corrected chi connectivity index (χ0v) is 16.6. The molecule has 3 nitrogen and oxygen atoms in total. The fourth-order valence-corrected chi connectivity index (χ4v) is 4.24. The Hall–Kier alpha value is -2.56. The summed E-state index contributed by atoms with van der Waals surface area (Å²) in [5, 5.41) is 2.55. The Labute approximate surface area is 166 Å². The maximum atomic E-state index is 6.58. The fraction of sp³-hybridized carbons (Fsp3) is 0.250. The van der Waals surface area contributed by atoms with Crippen LogP contribution in [0.25, 0.3) is 21.8 Å². The van der Waals surface area contributed by atoms with E-state index in [1.807, 2.05) is 18.2 Å². The van der Waals surface area contributed by atoms with Gasteiger partial charge in [-0.15, -0.1) is 0 Å². The summed E-state index contributed by atoms with van der Waals surface area (Å²) in [6, 6.07) is 27.4. The molecule has 1 aliphatic rings. The van der Waals surface area contributed by atoms with Gasteiger partial charge >= 0.3 is 7.12 Å². The van der Waals surface area contributed by atoms with Crippen LogP contribution >= 0.6 is 0 Å². The standard InChI is InChI=1S/C24H24BNO2/c1-23(2)24(3,28-25(27-23)18-11-5-4-6-12-18)17-26-21-15-9-7-13-19(21)20-14-8-10-16-22(20)26/h4-16H,17H2,1-3H3. The van der Waals surface area contributed by atoms with Gasteiger partial charge in [0, 0.05) is 21.8 Å². The SMILES string of the molecule is CC1(C)OB(c2ccccc2)OC1(C)Cn1c2ccccc2c2ccccc21. The lowest BCUT2D eigenvalue weighted by atomic mass is 9.79. The lowest BCUT2D eigenvalue weighted by Crippen LogP contribution is -2.48. The second-order valence-corrected chi connectivity index (χ2v) is 8.34. The van der Waals surface area contributed by atoms with Crippen molar-refractivity contribution in [3.05, 3.63) is 78.9 Å². The minimum atomic E-state index is -0.474. The molecule has 0 saturated carbocycles. The monoisotopic (exact) mass is 369 g/mol. The van der Waals surface area contributed by atoms with E-state index in [9.17, 15) is 0 Å². The molecule has 2 heterocycles. The van der Waals surface area contributed by atoms with E-state index in [4.69, 9.17) is 9.31 Å². The summed E-state index contributed by atoms with van der Waals surface area (Å²) in [5.74, 6) is 0. The molecule has 1 fully saturated rings. The van der Waals surface area contributed by atoms with E-state index in [0.29, 0.717) is 0 Å². The average molecular weight is 369 g/mol. The largest absolute Gasteiger partial charge is 0.494 e. The topological polar surface area (TPSA) is 23.4 Å². The Morgan fingerprint density at radius 1 is 0.714 bits per heavy atom. The molecule has 5 rings (SSSR count). The maximum absolute atomic E-state index is 6.58. The summed E-state index contributed by atoms with van der Waals surface area (Å²) < 4.78 is 15.3. The molecule has 140 valence electrons. The molecule has 0 aliphatic carbocycles. The number of hydrogen-bond acceptors (Lipinski definition) is 2. The third-order valence-corrected chi connectivity index (χ3v) is 6.25. The summed E-state index contributed by atoms with van der Waals surface area (Å²) in [6.45, 7) is 7.14. The predicted molar refractivity (Wildman–Crippen MR) is 116 cm³/mol. The highest BCUT2D eigenvalue weighted by Crippen LogP contribution is 2.40. The van der Waals surface area contributed by atoms with E-state index in [2.05, 4.69) is 86.0 Å². The summed E-state index contributed by atoms with van der Waals surface area (Å²) in [5.41, 5.74) is 2.61. The van der Waals surface area contributed by atoms with Crippen LogP contribution in [0.5, 0.6) is 0 Å². The average Bonchev–Trinajstić information content (AvgIpc) is 3.15. The Morgan fingerprint density at radius 3 is 1.86 bits per heavy atom. The first-order valence-electron chi connectivity index (χ1n) is 9.85. The third kappa shape index (κ3) is 2.60. The number of para-hydroxylation sites is 2. The Kier molecular flexibility index (Phi) is 3.90. The van der Waals surface area contributed by atoms with Gasteiger partial charge in [-0.05, 0) is 38.4 Å². The molecule has 0 amide bonds. The van der Waals surface area contributed by atoms with Gasteiger partial charge in [0.05, 0.1) is 17.7 Å². The molecule has 4 heteroatoms. The first kappa shape index (κ1) is 17.5. The second-order valence-electron chi connectivity index (χ2n) is 8.34. The predicted octanol–water partition coefficient (Wildman–Crippen LogP) is 4.77. The van der Waals surface area contributed by atoms with Crippen LogP contribution in [0, 0.1) is 0 Å². The molecule has 0 bridgehead atoms. The van der Waals surface area contributed by atoms with Crippen molar-refractivity contribution in [1.82, 2.24) is 4.57 Å². The van der Waals surface area contributed by atoms with Crippen LogP contribution in [0.2, 0.25) is 0 Å². The van der Waals surface area contributed by atoms with Crippen molar-refractivity contribution in [2.75, 3.05) is 0 Å². The highest BCUT2D eigenvalue weighted by Gasteiger charge is 2.54. The highest BCUT2D eigenvalue weighted by molar-refractivity contribution is 6.62. The molecule has 0 spiro atoms. The summed E-state index contributed by atoms with van der Waals surface area (Å²) in [7, 11) is -0.353. The van der Waals surface area contributed by atoms with Gasteiger partial charge < -0.3 is 13.9 Å². The molecular formula is C24H24BNO2. The van der Waals surface area contributed by atoms with Crippen molar-refractivity contribution < 1.29 is 9.31 Å². The highest BCUT2D eigenvalue weighted by atomic mass is 16.7. The van der Waals surface area contributed by atoms with Crippen molar-refractivity contribution in [3.63, 3.8) is 0 Å². The van der Waals surface area contributed by atoms with Gasteiger partial charge in [-0.3, -0.25) is 0 Å². The summed E-state index contributed by atoms with van der Waals surface area (Å²) in [4.78, 5) is 0. The fourth-order valence-electron chi connectivity index (χ4n) is 4.24. The van der Waals surface area contributed by atoms with Gasteiger partial charge in [0.15, 0.2) is 0 Å². The van der Waals surface area contributed by atoms with Crippen LogP contribution < -0.4 is 5.46 Å². The summed E-state index contributed by atoms with van der Waals surface area (Å²) in [6.07, 6.45) is 0. The lowest BCUT2D eigenvalue weighted by molar-refractivity contribution is -0.0203. The number of aromatic nitrogens is 1. The zero-order valence-electron chi connectivity index (χ0n) is 16.6. The smallest absolute Gasteiger partial charge is 0.399 e. The Balaban J connectivity index is 1.60. The molecule has 0 radical (unpaired) electrons. The van der Waals surface area contributed by atoms with Crippen LogP contribution in [0.4, 0.5) is 0 Å². The van der Waals surface area contributed by atoms with Crippen LogP contribution in [-0.4, -0.2) is 22.9 Å². The van der Waals surface area contributed by atoms with Crippen molar-refractivity contribution in [1.29, 1.82) is 0 Å². The molecule has 1 aromatic heterocycles. The molecular weight excluding hydrogens is 345 g/mol. The number of benzene rings is 3. The van der Waals surface area contributed by atoms with Crippen LogP contribution in [0.3, 0.4) is 0 Å². The molecule has 0 N–H and O–H groups in total. The number of fused-ring (bicyclic) bond motifs is 3. The van der Waals surface area contributed by atoms with Crippen molar-refractivity contribution in [2.24, 2.45) is 0 Å². The normalized spacial score (nSPS) is 21.6. The van der Waals surface area contributed by atoms with E-state index in [1.165, 1.54) is 21.8 Å². The van der Waals surface area contributed by atoms with Gasteiger partial charge in [0.25, 0.3) is 0 Å². The summed E-state index contributed by atoms with van der Waals surface area (Å²) >= 11 is 0. The minimum Gasteiger partial charge on any atom is -0.399 e. The minimum absolute atomic E-state index is 0.353. The van der Waals surface area contributed by atoms with E-state index in [1.54, 1.807) is 0 Å². The Bertz CT molecular complexity index is 1100. The van der Waals surface area contributed by atoms with Gasteiger partial charge in [-0.2, -0.15) is 0 Å². The van der Waals surface area contributed by atoms with Crippen LogP contribution in [0.1, 0.15) is 20.8 Å². The van der Waals surface area contributed by atoms with Crippen molar-refractivity contribution in [3.8, 4) is 0 Å². The number of rotatable bonds is 3. The van der Waals surface area contributed by atoms with Gasteiger partial charge in [-0.25, -0.2) is 0 Å². The molecule has 1 aliphatic heterocycles. The van der Waals surface area contributed by atoms with E-state index in [-0.39, 0.29) is 7.12 Å². The third-order valence-electron chi connectivity index (χ3n) is 6.25. The molecule has 1 unspecified atom stereocenters.